The summed E-state index contributed by atoms with van der Waals surface area (Å²) in [6, 6.07) is 0.318. The van der Waals surface area contributed by atoms with Crippen molar-refractivity contribution in [3.8, 4) is 0 Å². The first-order valence-corrected chi connectivity index (χ1v) is 4.93. The SMILES string of the molecule is CC(C)(C)[C@H](O)C1CCCCN1. The van der Waals surface area contributed by atoms with Gasteiger partial charge < -0.3 is 10.4 Å². The van der Waals surface area contributed by atoms with Crippen LogP contribution in [-0.4, -0.2) is 23.8 Å². The van der Waals surface area contributed by atoms with Gasteiger partial charge in [-0.3, -0.25) is 0 Å². The number of nitrogens with one attached hydrogen (secondary N) is 1. The molecule has 1 unspecified atom stereocenters. The van der Waals surface area contributed by atoms with Crippen LogP contribution in [-0.2, 0) is 0 Å². The van der Waals surface area contributed by atoms with Crippen LogP contribution < -0.4 is 5.32 Å². The van der Waals surface area contributed by atoms with Crippen LogP contribution in [0.25, 0.3) is 0 Å². The zero-order valence-corrected chi connectivity index (χ0v) is 8.43. The van der Waals surface area contributed by atoms with Crippen molar-refractivity contribution in [3.63, 3.8) is 0 Å². The first kappa shape index (κ1) is 10.0. The van der Waals surface area contributed by atoms with Crippen LogP contribution in [0.15, 0.2) is 0 Å². The van der Waals surface area contributed by atoms with E-state index in [4.69, 9.17) is 0 Å². The number of aliphatic hydroxyl groups is 1. The van der Waals surface area contributed by atoms with Gasteiger partial charge in [0, 0.05) is 6.04 Å². The lowest BCUT2D eigenvalue weighted by Crippen LogP contribution is -2.48. The van der Waals surface area contributed by atoms with E-state index in [0.29, 0.717) is 6.04 Å². The van der Waals surface area contributed by atoms with Crippen LogP contribution >= 0.6 is 0 Å². The van der Waals surface area contributed by atoms with Gasteiger partial charge in [-0.1, -0.05) is 27.2 Å². The first-order valence-electron chi connectivity index (χ1n) is 4.93. The fraction of sp³-hybridized carbons (Fsp3) is 1.00. The Morgan fingerprint density at radius 3 is 2.42 bits per heavy atom. The first-order chi connectivity index (χ1) is 5.52. The molecule has 0 aromatic heterocycles. The molecule has 1 aliphatic rings. The molecule has 0 amide bonds. The van der Waals surface area contributed by atoms with Gasteiger partial charge in [-0.05, 0) is 24.8 Å². The monoisotopic (exact) mass is 171 g/mol. The Labute approximate surface area is 75.4 Å². The Morgan fingerprint density at radius 2 is 2.00 bits per heavy atom. The molecule has 0 saturated carbocycles. The van der Waals surface area contributed by atoms with Crippen molar-refractivity contribution in [3.05, 3.63) is 0 Å². The summed E-state index contributed by atoms with van der Waals surface area (Å²) in [7, 11) is 0. The average molecular weight is 171 g/mol. The summed E-state index contributed by atoms with van der Waals surface area (Å²) in [6.45, 7) is 7.34. The minimum Gasteiger partial charge on any atom is -0.391 e. The normalized spacial score (nSPS) is 28.5. The maximum absolute atomic E-state index is 9.95. The third-order valence-corrected chi connectivity index (χ3v) is 2.62. The van der Waals surface area contributed by atoms with E-state index in [2.05, 4.69) is 26.1 Å². The van der Waals surface area contributed by atoms with Gasteiger partial charge in [-0.15, -0.1) is 0 Å². The van der Waals surface area contributed by atoms with Crippen LogP contribution in [0.5, 0.6) is 0 Å². The summed E-state index contributed by atoms with van der Waals surface area (Å²) in [5.41, 5.74) is 0.00894. The second-order valence-corrected chi connectivity index (χ2v) is 4.87. The molecule has 1 fully saturated rings. The van der Waals surface area contributed by atoms with E-state index in [9.17, 15) is 5.11 Å². The number of hydrogen-bond acceptors (Lipinski definition) is 2. The summed E-state index contributed by atoms with van der Waals surface area (Å²) in [4.78, 5) is 0. The van der Waals surface area contributed by atoms with Gasteiger partial charge in [-0.25, -0.2) is 0 Å². The van der Waals surface area contributed by atoms with Gasteiger partial charge >= 0.3 is 0 Å². The van der Waals surface area contributed by atoms with E-state index in [0.717, 1.165) is 13.0 Å². The zero-order chi connectivity index (χ0) is 9.19. The molecule has 1 saturated heterocycles. The number of piperidine rings is 1. The van der Waals surface area contributed by atoms with Gasteiger partial charge in [0.25, 0.3) is 0 Å². The van der Waals surface area contributed by atoms with Crippen LogP contribution in [0.2, 0.25) is 0 Å². The van der Waals surface area contributed by atoms with Crippen molar-refractivity contribution in [1.29, 1.82) is 0 Å². The lowest BCUT2D eigenvalue weighted by atomic mass is 9.82. The lowest BCUT2D eigenvalue weighted by Gasteiger charge is -2.35. The maximum Gasteiger partial charge on any atom is 0.0741 e. The molecule has 2 heteroatoms. The fourth-order valence-corrected chi connectivity index (χ4v) is 1.75. The molecular weight excluding hydrogens is 150 g/mol. The molecule has 1 aliphatic heterocycles. The van der Waals surface area contributed by atoms with Crippen LogP contribution in [0.3, 0.4) is 0 Å². The number of rotatable bonds is 1. The van der Waals surface area contributed by atoms with E-state index in [1.807, 2.05) is 0 Å². The molecule has 1 rings (SSSR count). The minimum atomic E-state index is -0.210. The van der Waals surface area contributed by atoms with Crippen molar-refractivity contribution in [2.75, 3.05) is 6.54 Å². The Kier molecular flexibility index (Phi) is 3.13. The summed E-state index contributed by atoms with van der Waals surface area (Å²) < 4.78 is 0. The molecule has 72 valence electrons. The smallest absolute Gasteiger partial charge is 0.0741 e. The van der Waals surface area contributed by atoms with Crippen LogP contribution in [0.4, 0.5) is 0 Å². The maximum atomic E-state index is 9.95. The number of aliphatic hydroxyl groups excluding tert-OH is 1. The molecule has 12 heavy (non-hydrogen) atoms. The molecule has 0 bridgehead atoms. The lowest BCUT2D eigenvalue weighted by molar-refractivity contribution is 0.0209. The minimum absolute atomic E-state index is 0.00894. The topological polar surface area (TPSA) is 32.3 Å². The molecule has 2 atom stereocenters. The summed E-state index contributed by atoms with van der Waals surface area (Å²) in [5.74, 6) is 0. The Balaban J connectivity index is 2.45. The van der Waals surface area contributed by atoms with Gasteiger partial charge in [0.05, 0.1) is 6.10 Å². The number of hydrogen-bond donors (Lipinski definition) is 2. The predicted octanol–water partition coefficient (Wildman–Crippen LogP) is 1.54. The summed E-state index contributed by atoms with van der Waals surface area (Å²) in [6.07, 6.45) is 3.43. The van der Waals surface area contributed by atoms with E-state index < -0.39 is 0 Å². The molecule has 2 N–H and O–H groups in total. The van der Waals surface area contributed by atoms with Crippen molar-refractivity contribution in [1.82, 2.24) is 5.32 Å². The molecule has 0 radical (unpaired) electrons. The summed E-state index contributed by atoms with van der Waals surface area (Å²) >= 11 is 0. The van der Waals surface area contributed by atoms with Crippen LogP contribution in [0.1, 0.15) is 40.0 Å². The summed E-state index contributed by atoms with van der Waals surface area (Å²) in [5, 5.41) is 13.3. The van der Waals surface area contributed by atoms with E-state index in [1.165, 1.54) is 12.8 Å². The van der Waals surface area contributed by atoms with Crippen molar-refractivity contribution >= 4 is 0 Å². The van der Waals surface area contributed by atoms with Gasteiger partial charge in [-0.2, -0.15) is 0 Å². The second-order valence-electron chi connectivity index (χ2n) is 4.87. The third kappa shape index (κ3) is 2.46. The largest absolute Gasteiger partial charge is 0.391 e. The van der Waals surface area contributed by atoms with E-state index in [1.54, 1.807) is 0 Å². The standard InChI is InChI=1S/C10H21NO/c1-10(2,3)9(12)8-6-4-5-7-11-8/h8-9,11-12H,4-7H2,1-3H3/t8?,9-/m1/s1. The Hall–Kier alpha value is -0.0800. The molecule has 2 nitrogen and oxygen atoms in total. The highest BCUT2D eigenvalue weighted by Crippen LogP contribution is 2.25. The predicted molar refractivity (Wildman–Crippen MR) is 51.1 cm³/mol. The highest BCUT2D eigenvalue weighted by Gasteiger charge is 2.30. The van der Waals surface area contributed by atoms with E-state index in [-0.39, 0.29) is 11.5 Å². The average Bonchev–Trinajstić information content (AvgIpc) is 2.03. The molecule has 1 heterocycles. The fourth-order valence-electron chi connectivity index (χ4n) is 1.75. The van der Waals surface area contributed by atoms with Gasteiger partial charge in [0.1, 0.15) is 0 Å². The third-order valence-electron chi connectivity index (χ3n) is 2.62. The highest BCUT2D eigenvalue weighted by atomic mass is 16.3. The molecular formula is C10H21NO. The molecule has 0 aromatic carbocycles. The van der Waals surface area contributed by atoms with Gasteiger partial charge in [0.15, 0.2) is 0 Å². The van der Waals surface area contributed by atoms with E-state index >= 15 is 0 Å². The van der Waals surface area contributed by atoms with Crippen molar-refractivity contribution < 1.29 is 5.11 Å². The molecule has 0 aromatic rings. The molecule has 0 spiro atoms. The highest BCUT2D eigenvalue weighted by molar-refractivity contribution is 4.86. The zero-order valence-electron chi connectivity index (χ0n) is 8.43. The second kappa shape index (κ2) is 3.75. The van der Waals surface area contributed by atoms with Crippen molar-refractivity contribution in [2.45, 2.75) is 52.2 Å². The Bertz CT molecular complexity index is 133. The van der Waals surface area contributed by atoms with Crippen molar-refractivity contribution in [2.24, 2.45) is 5.41 Å². The quantitative estimate of drug-likeness (QED) is 0.627. The Morgan fingerprint density at radius 1 is 1.33 bits per heavy atom. The van der Waals surface area contributed by atoms with Gasteiger partial charge in [0.2, 0.25) is 0 Å². The van der Waals surface area contributed by atoms with Crippen LogP contribution in [0, 0.1) is 5.41 Å². The molecule has 0 aliphatic carbocycles.